The van der Waals surface area contributed by atoms with Gasteiger partial charge in [0.2, 0.25) is 5.91 Å². The van der Waals surface area contributed by atoms with E-state index in [1.54, 1.807) is 24.4 Å². The number of nitrogens with one attached hydrogen (secondary N) is 2. The van der Waals surface area contributed by atoms with Gasteiger partial charge in [0.1, 0.15) is 23.6 Å². The maximum Gasteiger partial charge on any atom is 0.326 e. The van der Waals surface area contributed by atoms with E-state index in [1.165, 1.54) is 26.2 Å². The third-order valence-electron chi connectivity index (χ3n) is 6.67. The van der Waals surface area contributed by atoms with Gasteiger partial charge in [-0.15, -0.1) is 0 Å². The minimum absolute atomic E-state index is 0.0773. The molecule has 9 nitrogen and oxygen atoms in total. The van der Waals surface area contributed by atoms with Crippen LogP contribution < -0.4 is 14.8 Å². The summed E-state index contributed by atoms with van der Waals surface area (Å²) in [5.41, 5.74) is 2.74. The molecule has 0 saturated heterocycles. The lowest BCUT2D eigenvalue weighted by Gasteiger charge is -2.29. The number of carboxylic acid groups (broad SMARTS) is 1. The number of nitrogens with zero attached hydrogens (tertiary/aromatic N) is 1. The minimum atomic E-state index is -1.20. The quantitative estimate of drug-likeness (QED) is 0.273. The Morgan fingerprint density at radius 2 is 1.56 bits per heavy atom. The number of methoxy groups -OCH3 is 2. The predicted octanol–water partition coefficient (Wildman–Crippen LogP) is 3.68. The van der Waals surface area contributed by atoms with Crippen molar-refractivity contribution < 1.29 is 29.0 Å². The molecule has 2 atom stereocenters. The van der Waals surface area contributed by atoms with E-state index in [1.807, 2.05) is 54.6 Å². The molecule has 4 rings (SSSR count). The van der Waals surface area contributed by atoms with E-state index >= 15 is 0 Å². The van der Waals surface area contributed by atoms with Crippen LogP contribution in [0.5, 0.6) is 11.5 Å². The van der Waals surface area contributed by atoms with Crippen molar-refractivity contribution in [2.75, 3.05) is 21.3 Å². The molecule has 0 aliphatic carbocycles. The van der Waals surface area contributed by atoms with E-state index in [4.69, 9.17) is 9.47 Å². The normalized spacial score (nSPS) is 12.4. The molecule has 0 unspecified atom stereocenters. The van der Waals surface area contributed by atoms with E-state index < -0.39 is 29.9 Å². The Kier molecular flexibility index (Phi) is 8.50. The zero-order valence-corrected chi connectivity index (χ0v) is 22.0. The van der Waals surface area contributed by atoms with Crippen LogP contribution in [0.25, 0.3) is 10.9 Å². The number of amides is 2. The molecule has 0 saturated carbocycles. The van der Waals surface area contributed by atoms with Crippen molar-refractivity contribution >= 4 is 28.7 Å². The predicted molar refractivity (Wildman–Crippen MR) is 147 cm³/mol. The topological polar surface area (TPSA) is 121 Å². The number of para-hydroxylation sites is 1. The highest BCUT2D eigenvalue weighted by molar-refractivity contribution is 5.98. The SMILES string of the molecule is COc1cc(OC)cc(C(=O)N(C)[C@@H](Cc2ccccc2)C(=O)N[C@@H](Cc2c[nH]c3ccccc23)C(=O)O)c1. The van der Waals surface area contributed by atoms with Crippen molar-refractivity contribution in [3.63, 3.8) is 0 Å². The molecule has 1 aromatic heterocycles. The molecule has 0 fully saturated rings. The Bertz CT molecular complexity index is 1440. The first-order chi connectivity index (χ1) is 18.8. The van der Waals surface area contributed by atoms with Gasteiger partial charge in [-0.2, -0.15) is 0 Å². The largest absolute Gasteiger partial charge is 0.497 e. The minimum Gasteiger partial charge on any atom is -0.497 e. The Labute approximate surface area is 226 Å². The highest BCUT2D eigenvalue weighted by Gasteiger charge is 2.32. The van der Waals surface area contributed by atoms with Crippen LogP contribution in [0.4, 0.5) is 0 Å². The van der Waals surface area contributed by atoms with Gasteiger partial charge in [-0.05, 0) is 29.3 Å². The van der Waals surface area contributed by atoms with E-state index in [0.717, 1.165) is 22.0 Å². The molecule has 2 amide bonds. The fourth-order valence-corrected chi connectivity index (χ4v) is 4.51. The summed E-state index contributed by atoms with van der Waals surface area (Å²) in [6.07, 6.45) is 2.02. The second-order valence-corrected chi connectivity index (χ2v) is 9.19. The summed E-state index contributed by atoms with van der Waals surface area (Å²) >= 11 is 0. The number of carboxylic acids is 1. The number of carbonyl (C=O) groups is 3. The Hall–Kier alpha value is -4.79. The zero-order chi connectivity index (χ0) is 27.9. The van der Waals surface area contributed by atoms with Gasteiger partial charge in [0.05, 0.1) is 14.2 Å². The molecule has 0 aliphatic heterocycles. The number of hydrogen-bond donors (Lipinski definition) is 3. The van der Waals surface area contributed by atoms with Gasteiger partial charge in [0.25, 0.3) is 5.91 Å². The van der Waals surface area contributed by atoms with Crippen molar-refractivity contribution in [3.05, 3.63) is 95.7 Å². The molecular weight excluding hydrogens is 498 g/mol. The summed E-state index contributed by atoms with van der Waals surface area (Å²) in [7, 11) is 4.49. The van der Waals surface area contributed by atoms with Gasteiger partial charge in [-0.3, -0.25) is 9.59 Å². The highest BCUT2D eigenvalue weighted by atomic mass is 16.5. The smallest absolute Gasteiger partial charge is 0.326 e. The van der Waals surface area contributed by atoms with Crippen molar-refractivity contribution in [1.29, 1.82) is 0 Å². The van der Waals surface area contributed by atoms with Crippen LogP contribution in [0, 0.1) is 0 Å². The number of aromatic nitrogens is 1. The third kappa shape index (κ3) is 6.38. The molecule has 202 valence electrons. The van der Waals surface area contributed by atoms with Gasteiger partial charge in [-0.25, -0.2) is 4.79 Å². The maximum absolute atomic E-state index is 13.7. The summed E-state index contributed by atoms with van der Waals surface area (Å²) in [5.74, 6) is -1.32. The van der Waals surface area contributed by atoms with Crippen molar-refractivity contribution in [1.82, 2.24) is 15.2 Å². The molecule has 0 bridgehead atoms. The molecule has 0 radical (unpaired) electrons. The zero-order valence-electron chi connectivity index (χ0n) is 22.0. The number of likely N-dealkylation sites (N-methyl/N-ethyl adjacent to an activating group) is 1. The Morgan fingerprint density at radius 1 is 0.923 bits per heavy atom. The van der Waals surface area contributed by atoms with Crippen molar-refractivity contribution in [2.45, 2.75) is 24.9 Å². The molecule has 9 heteroatoms. The Morgan fingerprint density at radius 3 is 2.21 bits per heavy atom. The molecule has 1 heterocycles. The van der Waals surface area contributed by atoms with E-state index in [2.05, 4.69) is 10.3 Å². The highest BCUT2D eigenvalue weighted by Crippen LogP contribution is 2.24. The first kappa shape index (κ1) is 27.3. The summed E-state index contributed by atoms with van der Waals surface area (Å²) in [4.78, 5) is 43.9. The fraction of sp³-hybridized carbons (Fsp3) is 0.233. The summed E-state index contributed by atoms with van der Waals surface area (Å²) in [6, 6.07) is 19.4. The van der Waals surface area contributed by atoms with Crippen molar-refractivity contribution in [2.24, 2.45) is 0 Å². The first-order valence-corrected chi connectivity index (χ1v) is 12.4. The van der Waals surface area contributed by atoms with Gasteiger partial charge in [0.15, 0.2) is 0 Å². The average Bonchev–Trinajstić information content (AvgIpc) is 3.37. The van der Waals surface area contributed by atoms with E-state index in [0.29, 0.717) is 11.5 Å². The lowest BCUT2D eigenvalue weighted by Crippen LogP contribution is -2.53. The number of benzene rings is 3. The van der Waals surface area contributed by atoms with Crippen LogP contribution in [0.15, 0.2) is 79.0 Å². The average molecular weight is 530 g/mol. The number of fused-ring (bicyclic) bond motifs is 1. The molecule has 0 aliphatic rings. The standard InChI is InChI=1S/C30H31N3O6/c1-33(29(35)20-14-22(38-2)17-23(15-20)39-3)27(13-19-9-5-4-6-10-19)28(34)32-26(30(36)37)16-21-18-31-25-12-8-7-11-24(21)25/h4-12,14-15,17-18,26-27,31H,13,16H2,1-3H3,(H,32,34)(H,36,37)/t26-,27-/m0/s1. The molecular formula is C30H31N3O6. The number of carbonyl (C=O) groups excluding carboxylic acids is 2. The molecule has 3 aromatic carbocycles. The second kappa shape index (κ2) is 12.2. The van der Waals surface area contributed by atoms with Crippen LogP contribution in [0.2, 0.25) is 0 Å². The van der Waals surface area contributed by atoms with E-state index in [-0.39, 0.29) is 18.4 Å². The lowest BCUT2D eigenvalue weighted by atomic mass is 10.0. The van der Waals surface area contributed by atoms with Crippen molar-refractivity contribution in [3.8, 4) is 11.5 Å². The number of aromatic amines is 1. The number of ether oxygens (including phenoxy) is 2. The van der Waals surface area contributed by atoms with Crippen LogP contribution >= 0.6 is 0 Å². The second-order valence-electron chi connectivity index (χ2n) is 9.19. The lowest BCUT2D eigenvalue weighted by molar-refractivity contribution is -0.142. The van der Waals surface area contributed by atoms with Gasteiger partial charge in [0, 0.05) is 48.6 Å². The van der Waals surface area contributed by atoms with Gasteiger partial charge < -0.3 is 29.8 Å². The molecule has 39 heavy (non-hydrogen) atoms. The number of hydrogen-bond acceptors (Lipinski definition) is 5. The van der Waals surface area contributed by atoms with Gasteiger partial charge in [-0.1, -0.05) is 48.5 Å². The Balaban J connectivity index is 1.61. The van der Waals surface area contributed by atoms with Crippen LogP contribution in [-0.4, -0.2) is 66.1 Å². The fourth-order valence-electron chi connectivity index (χ4n) is 4.51. The summed E-state index contributed by atoms with van der Waals surface area (Å²) in [6.45, 7) is 0. The molecule has 3 N–H and O–H groups in total. The number of aliphatic carboxylic acids is 1. The molecule has 0 spiro atoms. The van der Waals surface area contributed by atoms with Crippen LogP contribution in [0.3, 0.4) is 0 Å². The monoisotopic (exact) mass is 529 g/mol. The molecule has 4 aromatic rings. The maximum atomic E-state index is 13.7. The summed E-state index contributed by atoms with van der Waals surface area (Å²) in [5, 5.41) is 13.5. The van der Waals surface area contributed by atoms with Gasteiger partial charge >= 0.3 is 5.97 Å². The third-order valence-corrected chi connectivity index (χ3v) is 6.67. The number of H-pyrrole nitrogens is 1. The van der Waals surface area contributed by atoms with E-state index in [9.17, 15) is 19.5 Å². The van der Waals surface area contributed by atoms with Crippen LogP contribution in [-0.2, 0) is 22.4 Å². The number of rotatable bonds is 11. The first-order valence-electron chi connectivity index (χ1n) is 12.4. The summed E-state index contributed by atoms with van der Waals surface area (Å²) < 4.78 is 10.6. The van der Waals surface area contributed by atoms with Crippen LogP contribution in [0.1, 0.15) is 21.5 Å².